The molecule has 0 bridgehead atoms. The maximum atomic E-state index is 13.2. The predicted molar refractivity (Wildman–Crippen MR) is 164 cm³/mol. The van der Waals surface area contributed by atoms with E-state index in [0.717, 1.165) is 27.5 Å². The van der Waals surface area contributed by atoms with Crippen LogP contribution in [0, 0.1) is 18.3 Å². The van der Waals surface area contributed by atoms with Crippen LogP contribution < -0.4 is 14.8 Å². The van der Waals surface area contributed by atoms with Crippen LogP contribution in [0.15, 0.2) is 115 Å². The van der Waals surface area contributed by atoms with Crippen molar-refractivity contribution in [2.24, 2.45) is 0 Å². The lowest BCUT2D eigenvalue weighted by atomic mass is 10.0. The van der Waals surface area contributed by atoms with Crippen molar-refractivity contribution < 1.29 is 14.3 Å². The second-order valence-electron chi connectivity index (χ2n) is 9.50. The number of hydrogen-bond donors (Lipinski definition) is 1. The van der Waals surface area contributed by atoms with Gasteiger partial charge in [0.05, 0.1) is 0 Å². The van der Waals surface area contributed by atoms with Crippen LogP contribution in [0.1, 0.15) is 22.3 Å². The van der Waals surface area contributed by atoms with Gasteiger partial charge in [0.2, 0.25) is 0 Å². The number of nitrogens with zero attached hydrogens (tertiary/aromatic N) is 1. The van der Waals surface area contributed by atoms with E-state index in [1.165, 1.54) is 0 Å². The van der Waals surface area contributed by atoms with Crippen molar-refractivity contribution in [3.63, 3.8) is 0 Å². The minimum absolute atomic E-state index is 0.0409. The number of rotatable bonds is 9. The van der Waals surface area contributed by atoms with E-state index < -0.39 is 5.91 Å². The van der Waals surface area contributed by atoms with Crippen LogP contribution in [0.4, 0.5) is 5.69 Å². The Kier molecular flexibility index (Phi) is 8.64. The van der Waals surface area contributed by atoms with Crippen LogP contribution in [-0.2, 0) is 18.0 Å². The van der Waals surface area contributed by atoms with Gasteiger partial charge in [0.25, 0.3) is 5.91 Å². The van der Waals surface area contributed by atoms with Gasteiger partial charge in [-0.1, -0.05) is 90.0 Å². The summed E-state index contributed by atoms with van der Waals surface area (Å²) in [5, 5.41) is 15.2. The van der Waals surface area contributed by atoms with Gasteiger partial charge in [-0.2, -0.15) is 5.26 Å². The highest BCUT2D eigenvalue weighted by molar-refractivity contribution is 6.31. The third kappa shape index (κ3) is 6.94. The number of benzene rings is 5. The van der Waals surface area contributed by atoms with E-state index in [9.17, 15) is 10.1 Å². The molecule has 5 aromatic carbocycles. The number of anilines is 1. The zero-order chi connectivity index (χ0) is 28.6. The molecule has 6 heteroatoms. The van der Waals surface area contributed by atoms with Crippen LogP contribution in [0.2, 0.25) is 5.02 Å². The molecule has 202 valence electrons. The number of ether oxygens (including phenoxy) is 2. The fraction of sp³-hybridized carbons (Fsp3) is 0.0857. The second kappa shape index (κ2) is 12.9. The van der Waals surface area contributed by atoms with Crippen LogP contribution in [0.3, 0.4) is 0 Å². The summed E-state index contributed by atoms with van der Waals surface area (Å²) in [6, 6.07) is 36.3. The van der Waals surface area contributed by atoms with E-state index in [1.807, 2.05) is 85.8 Å². The summed E-state index contributed by atoms with van der Waals surface area (Å²) in [5.74, 6) is 0.700. The smallest absolute Gasteiger partial charge is 0.266 e. The molecule has 0 saturated carbocycles. The van der Waals surface area contributed by atoms with Gasteiger partial charge in [-0.15, -0.1) is 0 Å². The average Bonchev–Trinajstić information content (AvgIpc) is 2.99. The van der Waals surface area contributed by atoms with E-state index >= 15 is 0 Å². The topological polar surface area (TPSA) is 71.3 Å². The van der Waals surface area contributed by atoms with Crippen molar-refractivity contribution in [1.82, 2.24) is 0 Å². The summed E-state index contributed by atoms with van der Waals surface area (Å²) in [4.78, 5) is 13.2. The molecule has 0 spiro atoms. The number of aryl methyl sites for hydroxylation is 1. The third-order valence-corrected chi connectivity index (χ3v) is 6.89. The monoisotopic (exact) mass is 558 g/mol. The van der Waals surface area contributed by atoms with Gasteiger partial charge in [0, 0.05) is 21.8 Å². The van der Waals surface area contributed by atoms with E-state index in [2.05, 4.69) is 17.5 Å². The summed E-state index contributed by atoms with van der Waals surface area (Å²) in [5.41, 5.74) is 4.23. The number of fused-ring (bicyclic) bond motifs is 1. The molecule has 0 aliphatic rings. The molecule has 0 aliphatic carbocycles. The number of nitrogens with one attached hydrogen (secondary N) is 1. The van der Waals surface area contributed by atoms with Crippen molar-refractivity contribution in [1.29, 1.82) is 5.26 Å². The van der Waals surface area contributed by atoms with Gasteiger partial charge in [-0.25, -0.2) is 0 Å². The summed E-state index contributed by atoms with van der Waals surface area (Å²) >= 11 is 6.20. The molecule has 5 nitrogen and oxygen atoms in total. The average molecular weight is 559 g/mol. The molecule has 0 atom stereocenters. The Morgan fingerprint density at radius 1 is 0.878 bits per heavy atom. The lowest BCUT2D eigenvalue weighted by Gasteiger charge is -2.13. The SMILES string of the molecule is Cc1cccc(COc2ccc3ccccc3c2/C=C(\C#N)C(=O)Nc2ccc(OCc3ccccc3Cl)cc2)c1. The zero-order valence-corrected chi connectivity index (χ0v) is 23.2. The number of amides is 1. The molecule has 1 N–H and O–H groups in total. The first kappa shape index (κ1) is 27.5. The number of nitriles is 1. The Bertz CT molecular complexity index is 1770. The standard InChI is InChI=1S/C35H27ClN2O3/c1-24-7-6-8-25(19-24)22-41-34-18-13-26-9-2-4-11-31(26)32(34)20-28(21-37)35(39)38-29-14-16-30(17-15-29)40-23-27-10-3-5-12-33(27)36/h2-20H,22-23H2,1H3,(H,38,39)/b28-20+. The highest BCUT2D eigenvalue weighted by Gasteiger charge is 2.14. The van der Waals surface area contributed by atoms with E-state index in [-0.39, 0.29) is 5.57 Å². The first-order valence-electron chi connectivity index (χ1n) is 13.1. The third-order valence-electron chi connectivity index (χ3n) is 6.53. The first-order chi connectivity index (χ1) is 20.0. The van der Waals surface area contributed by atoms with Gasteiger partial charge in [0.1, 0.15) is 36.4 Å². The number of carbonyl (C=O) groups excluding carboxylic acids is 1. The van der Waals surface area contributed by atoms with Crippen LogP contribution in [0.5, 0.6) is 11.5 Å². The lowest BCUT2D eigenvalue weighted by molar-refractivity contribution is -0.112. The molecule has 0 unspecified atom stereocenters. The quantitative estimate of drug-likeness (QED) is 0.145. The number of halogens is 1. The molecule has 41 heavy (non-hydrogen) atoms. The van der Waals surface area contributed by atoms with Crippen LogP contribution >= 0.6 is 11.6 Å². The van der Waals surface area contributed by atoms with E-state index in [0.29, 0.717) is 41.0 Å². The Morgan fingerprint density at radius 2 is 1.66 bits per heavy atom. The molecule has 0 heterocycles. The molecule has 0 radical (unpaired) electrons. The Hall–Kier alpha value is -5.05. The van der Waals surface area contributed by atoms with Crippen molar-refractivity contribution in [3.8, 4) is 17.6 Å². The van der Waals surface area contributed by atoms with E-state index in [1.54, 1.807) is 30.3 Å². The maximum Gasteiger partial charge on any atom is 0.266 e. The molecule has 0 saturated heterocycles. The minimum Gasteiger partial charge on any atom is -0.489 e. The molecule has 1 amide bonds. The molecular weight excluding hydrogens is 532 g/mol. The van der Waals surface area contributed by atoms with Crippen molar-refractivity contribution >= 4 is 40.0 Å². The first-order valence-corrected chi connectivity index (χ1v) is 13.5. The lowest BCUT2D eigenvalue weighted by Crippen LogP contribution is -2.13. The van der Waals surface area contributed by atoms with Crippen molar-refractivity contribution in [2.45, 2.75) is 20.1 Å². The normalized spacial score (nSPS) is 11.1. The second-order valence-corrected chi connectivity index (χ2v) is 9.91. The van der Waals surface area contributed by atoms with Crippen LogP contribution in [-0.4, -0.2) is 5.91 Å². The Labute approximate surface area is 244 Å². The molecule has 5 aromatic rings. The zero-order valence-electron chi connectivity index (χ0n) is 22.4. The fourth-order valence-electron chi connectivity index (χ4n) is 4.42. The van der Waals surface area contributed by atoms with Crippen molar-refractivity contribution in [2.75, 3.05) is 5.32 Å². The Morgan fingerprint density at radius 3 is 2.44 bits per heavy atom. The molecule has 5 rings (SSSR count). The summed E-state index contributed by atoms with van der Waals surface area (Å²) in [6.45, 7) is 2.72. The Balaban J connectivity index is 1.34. The minimum atomic E-state index is -0.519. The maximum absolute atomic E-state index is 13.2. The largest absolute Gasteiger partial charge is 0.489 e. The van der Waals surface area contributed by atoms with Gasteiger partial charge in [-0.05, 0) is 65.7 Å². The number of carbonyl (C=O) groups is 1. The highest BCUT2D eigenvalue weighted by atomic mass is 35.5. The fourth-order valence-corrected chi connectivity index (χ4v) is 4.61. The predicted octanol–water partition coefficient (Wildman–Crippen LogP) is 8.51. The molecular formula is C35H27ClN2O3. The van der Waals surface area contributed by atoms with Crippen LogP contribution in [0.25, 0.3) is 16.8 Å². The van der Waals surface area contributed by atoms with Gasteiger partial charge >= 0.3 is 0 Å². The van der Waals surface area contributed by atoms with Crippen molar-refractivity contribution in [3.05, 3.63) is 142 Å². The summed E-state index contributed by atoms with van der Waals surface area (Å²) < 4.78 is 12.0. The van der Waals surface area contributed by atoms with E-state index in [4.69, 9.17) is 21.1 Å². The molecule has 0 aromatic heterocycles. The molecule has 0 fully saturated rings. The number of hydrogen-bond acceptors (Lipinski definition) is 4. The van der Waals surface area contributed by atoms with Gasteiger partial charge < -0.3 is 14.8 Å². The van der Waals surface area contributed by atoms with Gasteiger partial charge in [0.15, 0.2) is 0 Å². The van der Waals surface area contributed by atoms with Gasteiger partial charge in [-0.3, -0.25) is 4.79 Å². The summed E-state index contributed by atoms with van der Waals surface area (Å²) in [7, 11) is 0. The molecule has 0 aliphatic heterocycles. The highest BCUT2D eigenvalue weighted by Crippen LogP contribution is 2.31. The summed E-state index contributed by atoms with van der Waals surface area (Å²) in [6.07, 6.45) is 1.59.